The van der Waals surface area contributed by atoms with Gasteiger partial charge in [-0.3, -0.25) is 4.79 Å². The minimum Gasteiger partial charge on any atom is -0.495 e. The van der Waals surface area contributed by atoms with Crippen LogP contribution < -0.4 is 15.4 Å². The third-order valence-corrected chi connectivity index (χ3v) is 6.96. The molecule has 1 amide bonds. The zero-order valence-corrected chi connectivity index (χ0v) is 19.6. The number of aryl methyl sites for hydroxylation is 1. The Morgan fingerprint density at radius 2 is 2.19 bits per heavy atom. The van der Waals surface area contributed by atoms with Crippen molar-refractivity contribution < 1.29 is 14.3 Å². The Balaban J connectivity index is 1.44. The first-order valence-corrected chi connectivity index (χ1v) is 12.0. The van der Waals surface area contributed by atoms with E-state index in [0.717, 1.165) is 47.8 Å². The minimum atomic E-state index is -0.0686. The zero-order chi connectivity index (χ0) is 21.8. The number of ether oxygens (including phenoxy) is 2. The lowest BCUT2D eigenvalue weighted by Crippen LogP contribution is -2.25. The van der Waals surface area contributed by atoms with E-state index >= 15 is 0 Å². The van der Waals surface area contributed by atoms with Gasteiger partial charge in [-0.15, -0.1) is 11.3 Å². The van der Waals surface area contributed by atoms with Gasteiger partial charge in [0.25, 0.3) is 0 Å². The van der Waals surface area contributed by atoms with Crippen molar-refractivity contribution >= 4 is 56.1 Å². The van der Waals surface area contributed by atoms with Gasteiger partial charge in [0.1, 0.15) is 5.75 Å². The molecule has 2 N–H and O–H groups in total. The molecule has 0 radical (unpaired) electrons. The van der Waals surface area contributed by atoms with Crippen LogP contribution in [-0.4, -0.2) is 35.7 Å². The number of nitrogens with zero attached hydrogens (tertiary/aromatic N) is 2. The normalized spacial score (nSPS) is 16.2. The number of carbonyl (C=O) groups is 1. The number of thiazole rings is 2. The topological polar surface area (TPSA) is 85.4 Å². The summed E-state index contributed by atoms with van der Waals surface area (Å²) in [5, 5.41) is 10.0. The first-order valence-electron chi connectivity index (χ1n) is 9.97. The van der Waals surface area contributed by atoms with Gasteiger partial charge in [0, 0.05) is 17.0 Å². The van der Waals surface area contributed by atoms with Crippen LogP contribution in [0, 0.1) is 6.92 Å². The van der Waals surface area contributed by atoms with Crippen molar-refractivity contribution in [3.8, 4) is 16.3 Å². The van der Waals surface area contributed by atoms with Crippen LogP contribution in [0.1, 0.15) is 31.4 Å². The predicted molar refractivity (Wildman–Crippen MR) is 126 cm³/mol. The van der Waals surface area contributed by atoms with Gasteiger partial charge in [0.2, 0.25) is 5.91 Å². The van der Waals surface area contributed by atoms with Gasteiger partial charge < -0.3 is 20.1 Å². The molecule has 2 aromatic heterocycles. The number of methoxy groups -OCH3 is 1. The molecule has 0 unspecified atom stereocenters. The highest BCUT2D eigenvalue weighted by atomic mass is 35.5. The molecule has 1 atom stereocenters. The van der Waals surface area contributed by atoms with E-state index in [1.165, 1.54) is 22.7 Å². The molecule has 1 aliphatic rings. The Kier molecular flexibility index (Phi) is 7.06. The number of carbonyl (C=O) groups excluding carboxylic acids is 1. The minimum absolute atomic E-state index is 0.00457. The average molecular weight is 479 g/mol. The van der Waals surface area contributed by atoms with Crippen LogP contribution in [0.3, 0.4) is 0 Å². The predicted octanol–water partition coefficient (Wildman–Crippen LogP) is 5.88. The molecule has 1 fully saturated rings. The largest absolute Gasteiger partial charge is 0.495 e. The van der Waals surface area contributed by atoms with Crippen molar-refractivity contribution in [3.05, 3.63) is 34.3 Å². The Morgan fingerprint density at radius 1 is 1.32 bits per heavy atom. The second-order valence-corrected chi connectivity index (χ2v) is 9.48. The number of halogens is 1. The van der Waals surface area contributed by atoms with Crippen LogP contribution in [0.15, 0.2) is 23.6 Å². The van der Waals surface area contributed by atoms with Crippen LogP contribution in [0.5, 0.6) is 5.75 Å². The van der Waals surface area contributed by atoms with E-state index in [-0.39, 0.29) is 12.0 Å². The molecule has 3 heterocycles. The van der Waals surface area contributed by atoms with E-state index in [1.54, 1.807) is 25.3 Å². The molecule has 0 saturated carbocycles. The quantitative estimate of drug-likeness (QED) is 0.441. The molecule has 1 saturated heterocycles. The number of hydrogen-bond donors (Lipinski definition) is 2. The highest BCUT2D eigenvalue weighted by Crippen LogP contribution is 2.37. The summed E-state index contributed by atoms with van der Waals surface area (Å²) in [6.45, 7) is 2.65. The van der Waals surface area contributed by atoms with E-state index in [9.17, 15) is 4.79 Å². The third kappa shape index (κ3) is 5.54. The fourth-order valence-electron chi connectivity index (χ4n) is 3.36. The molecule has 3 aromatic rings. The lowest BCUT2D eigenvalue weighted by Gasteiger charge is -2.21. The average Bonchev–Trinajstić information content (AvgIpc) is 3.35. The summed E-state index contributed by atoms with van der Waals surface area (Å²) in [5.74, 6) is 0.614. The molecular formula is C21H23ClN4O3S2. The standard InChI is InChI=1S/C21H23ClN4O3S2/c1-12-19(31-21(23-12)26-18(27)10-14-5-3-4-8-29-14)16-11-30-20(25-16)24-15-9-13(22)6-7-17(15)28-2/h6-7,9,11,14H,3-5,8,10H2,1-2H3,(H,24,25)(H,23,26,27)/t14-/m1/s1. The van der Waals surface area contributed by atoms with E-state index in [2.05, 4.69) is 20.6 Å². The summed E-state index contributed by atoms with van der Waals surface area (Å²) in [7, 11) is 1.61. The van der Waals surface area contributed by atoms with E-state index < -0.39 is 0 Å². The van der Waals surface area contributed by atoms with Gasteiger partial charge in [0.05, 0.1) is 41.6 Å². The number of benzene rings is 1. The summed E-state index contributed by atoms with van der Waals surface area (Å²) in [5.41, 5.74) is 2.38. The Hall–Kier alpha value is -2.20. The van der Waals surface area contributed by atoms with Crippen molar-refractivity contribution in [2.24, 2.45) is 0 Å². The maximum atomic E-state index is 12.4. The number of hydrogen-bond acceptors (Lipinski definition) is 8. The smallest absolute Gasteiger partial charge is 0.228 e. The third-order valence-electron chi connectivity index (χ3n) is 4.87. The van der Waals surface area contributed by atoms with Crippen molar-refractivity contribution in [2.45, 2.75) is 38.7 Å². The van der Waals surface area contributed by atoms with Crippen LogP contribution in [-0.2, 0) is 9.53 Å². The molecular weight excluding hydrogens is 456 g/mol. The second-order valence-electron chi connectivity index (χ2n) is 7.18. The fourth-order valence-corrected chi connectivity index (χ4v) is 5.27. The Bertz CT molecular complexity index is 1060. The van der Waals surface area contributed by atoms with Gasteiger partial charge >= 0.3 is 0 Å². The van der Waals surface area contributed by atoms with Crippen LogP contribution in [0.25, 0.3) is 10.6 Å². The highest BCUT2D eigenvalue weighted by molar-refractivity contribution is 7.20. The molecule has 0 bridgehead atoms. The number of nitrogens with one attached hydrogen (secondary N) is 2. The summed E-state index contributed by atoms with van der Waals surface area (Å²) >= 11 is 9.00. The molecule has 10 heteroatoms. The molecule has 0 aliphatic carbocycles. The van der Waals surface area contributed by atoms with E-state index in [0.29, 0.717) is 27.5 Å². The summed E-state index contributed by atoms with van der Waals surface area (Å²) < 4.78 is 11.0. The number of aromatic nitrogens is 2. The number of amides is 1. The summed E-state index contributed by atoms with van der Waals surface area (Å²) in [6, 6.07) is 5.37. The first kappa shape index (κ1) is 22.0. The molecule has 1 aromatic carbocycles. The van der Waals surface area contributed by atoms with Crippen molar-refractivity contribution in [1.29, 1.82) is 0 Å². The van der Waals surface area contributed by atoms with Gasteiger partial charge in [-0.1, -0.05) is 22.9 Å². The lowest BCUT2D eigenvalue weighted by molar-refractivity contribution is -0.119. The fraction of sp³-hybridized carbons (Fsp3) is 0.381. The second kappa shape index (κ2) is 9.95. The van der Waals surface area contributed by atoms with Crippen molar-refractivity contribution in [2.75, 3.05) is 24.4 Å². The van der Waals surface area contributed by atoms with Gasteiger partial charge in [-0.05, 0) is 44.4 Å². The summed E-state index contributed by atoms with van der Waals surface area (Å²) in [6.07, 6.45) is 3.48. The molecule has 164 valence electrons. The van der Waals surface area contributed by atoms with Crippen LogP contribution in [0.2, 0.25) is 5.02 Å². The van der Waals surface area contributed by atoms with Gasteiger partial charge in [-0.25, -0.2) is 9.97 Å². The SMILES string of the molecule is COc1ccc(Cl)cc1Nc1nc(-c2sc(NC(=O)C[C@H]3CCCCO3)nc2C)cs1. The molecule has 7 nitrogen and oxygen atoms in total. The lowest BCUT2D eigenvalue weighted by atomic mass is 10.1. The molecule has 1 aliphatic heterocycles. The zero-order valence-electron chi connectivity index (χ0n) is 17.2. The number of rotatable bonds is 7. The Morgan fingerprint density at radius 3 is 2.97 bits per heavy atom. The molecule has 31 heavy (non-hydrogen) atoms. The molecule has 0 spiro atoms. The maximum absolute atomic E-state index is 12.4. The highest BCUT2D eigenvalue weighted by Gasteiger charge is 2.20. The van der Waals surface area contributed by atoms with Crippen LogP contribution >= 0.6 is 34.3 Å². The van der Waals surface area contributed by atoms with E-state index in [1.807, 2.05) is 12.3 Å². The Labute approximate surface area is 193 Å². The summed E-state index contributed by atoms with van der Waals surface area (Å²) in [4.78, 5) is 22.5. The van der Waals surface area contributed by atoms with Crippen molar-refractivity contribution in [1.82, 2.24) is 9.97 Å². The molecule has 4 rings (SSSR count). The first-order chi connectivity index (χ1) is 15.0. The monoisotopic (exact) mass is 478 g/mol. The van der Waals surface area contributed by atoms with E-state index in [4.69, 9.17) is 21.1 Å². The van der Waals surface area contributed by atoms with Crippen molar-refractivity contribution in [3.63, 3.8) is 0 Å². The number of anilines is 3. The van der Waals surface area contributed by atoms with Crippen LogP contribution in [0.4, 0.5) is 16.0 Å². The van der Waals surface area contributed by atoms with Gasteiger partial charge in [0.15, 0.2) is 10.3 Å². The maximum Gasteiger partial charge on any atom is 0.228 e. The van der Waals surface area contributed by atoms with Gasteiger partial charge in [-0.2, -0.15) is 0 Å².